The Morgan fingerprint density at radius 3 is 2.94 bits per heavy atom. The maximum absolute atomic E-state index is 11.2. The molecule has 0 bridgehead atoms. The predicted octanol–water partition coefficient (Wildman–Crippen LogP) is 1.63. The van der Waals surface area contributed by atoms with E-state index in [9.17, 15) is 9.90 Å². The second-order valence-electron chi connectivity index (χ2n) is 3.82. The monoisotopic (exact) mass is 223 g/mol. The van der Waals surface area contributed by atoms with Gasteiger partial charge in [-0.05, 0) is 26.3 Å². The zero-order valence-corrected chi connectivity index (χ0v) is 9.64. The first-order chi connectivity index (χ1) is 7.56. The van der Waals surface area contributed by atoms with E-state index < -0.39 is 5.60 Å². The van der Waals surface area contributed by atoms with E-state index in [-0.39, 0.29) is 12.4 Å². The average Bonchev–Trinajstić information content (AvgIpc) is 2.28. The third-order valence-electron chi connectivity index (χ3n) is 2.40. The van der Waals surface area contributed by atoms with Gasteiger partial charge in [-0.1, -0.05) is 6.07 Å². The molecule has 0 saturated heterocycles. The van der Waals surface area contributed by atoms with Gasteiger partial charge in [-0.2, -0.15) is 0 Å². The van der Waals surface area contributed by atoms with Crippen LogP contribution in [0, 0.1) is 0 Å². The van der Waals surface area contributed by atoms with Crippen LogP contribution < -0.4 is 0 Å². The van der Waals surface area contributed by atoms with Gasteiger partial charge >= 0.3 is 5.97 Å². The molecule has 0 spiro atoms. The van der Waals surface area contributed by atoms with Crippen LogP contribution in [0.4, 0.5) is 0 Å². The summed E-state index contributed by atoms with van der Waals surface area (Å²) in [7, 11) is 0. The van der Waals surface area contributed by atoms with Crippen LogP contribution in [-0.4, -0.2) is 22.7 Å². The molecule has 0 radical (unpaired) electrons. The topological polar surface area (TPSA) is 59.4 Å². The lowest BCUT2D eigenvalue weighted by atomic mass is 9.92. The van der Waals surface area contributed by atoms with Gasteiger partial charge in [0.2, 0.25) is 0 Å². The molecular weight excluding hydrogens is 206 g/mol. The number of pyridine rings is 1. The van der Waals surface area contributed by atoms with E-state index in [0.717, 1.165) is 0 Å². The van der Waals surface area contributed by atoms with E-state index in [2.05, 4.69) is 4.98 Å². The molecule has 1 atom stereocenters. The molecule has 0 saturated carbocycles. The summed E-state index contributed by atoms with van der Waals surface area (Å²) in [6, 6.07) is 3.55. The van der Waals surface area contributed by atoms with Crippen molar-refractivity contribution in [1.82, 2.24) is 4.98 Å². The van der Waals surface area contributed by atoms with Crippen LogP contribution >= 0.6 is 0 Å². The molecular formula is C12H17NO3. The maximum Gasteiger partial charge on any atom is 0.305 e. The van der Waals surface area contributed by atoms with E-state index in [1.165, 1.54) is 0 Å². The Bertz CT molecular complexity index is 335. The number of carbonyl (C=O) groups excluding carboxylic acids is 1. The summed E-state index contributed by atoms with van der Waals surface area (Å²) in [4.78, 5) is 15.1. The summed E-state index contributed by atoms with van der Waals surface area (Å²) in [5.41, 5.74) is -0.333. The second kappa shape index (κ2) is 5.61. The van der Waals surface area contributed by atoms with Crippen molar-refractivity contribution in [3.8, 4) is 0 Å². The van der Waals surface area contributed by atoms with Crippen molar-refractivity contribution < 1.29 is 14.6 Å². The van der Waals surface area contributed by atoms with E-state index >= 15 is 0 Å². The smallest absolute Gasteiger partial charge is 0.305 e. The summed E-state index contributed by atoms with van der Waals surface area (Å²) >= 11 is 0. The van der Waals surface area contributed by atoms with Crippen molar-refractivity contribution in [3.63, 3.8) is 0 Å². The van der Waals surface area contributed by atoms with Crippen molar-refractivity contribution in [2.75, 3.05) is 6.61 Å². The lowest BCUT2D eigenvalue weighted by Crippen LogP contribution is -2.23. The van der Waals surface area contributed by atoms with Crippen LogP contribution in [0.15, 0.2) is 24.5 Å². The first-order valence-electron chi connectivity index (χ1n) is 5.35. The van der Waals surface area contributed by atoms with E-state index in [1.54, 1.807) is 38.4 Å². The highest BCUT2D eigenvalue weighted by Gasteiger charge is 2.24. The molecule has 1 aromatic rings. The van der Waals surface area contributed by atoms with Gasteiger partial charge in [0, 0.05) is 24.4 Å². The normalized spacial score (nSPS) is 14.2. The minimum atomic E-state index is -1.04. The molecule has 4 heteroatoms. The molecule has 1 rings (SSSR count). The summed E-state index contributed by atoms with van der Waals surface area (Å²) in [5, 5.41) is 10.2. The van der Waals surface area contributed by atoms with Crippen molar-refractivity contribution in [2.24, 2.45) is 0 Å². The quantitative estimate of drug-likeness (QED) is 0.771. The molecule has 0 aromatic carbocycles. The minimum Gasteiger partial charge on any atom is -0.466 e. The predicted molar refractivity (Wildman–Crippen MR) is 59.7 cm³/mol. The SMILES string of the molecule is CCOC(=O)CCC(C)(O)c1cccnc1. The molecule has 4 nitrogen and oxygen atoms in total. The van der Waals surface area contributed by atoms with Crippen LogP contribution in [0.3, 0.4) is 0 Å². The maximum atomic E-state index is 11.2. The first kappa shape index (κ1) is 12.6. The Kier molecular flexibility index (Phi) is 4.43. The number of ether oxygens (including phenoxy) is 1. The molecule has 88 valence electrons. The fraction of sp³-hybridized carbons (Fsp3) is 0.500. The minimum absolute atomic E-state index is 0.204. The molecule has 1 heterocycles. The second-order valence-corrected chi connectivity index (χ2v) is 3.82. The molecule has 1 unspecified atom stereocenters. The number of hydrogen-bond donors (Lipinski definition) is 1. The molecule has 0 aliphatic carbocycles. The molecule has 1 N–H and O–H groups in total. The van der Waals surface area contributed by atoms with E-state index in [4.69, 9.17) is 4.74 Å². The number of hydrogen-bond acceptors (Lipinski definition) is 4. The van der Waals surface area contributed by atoms with E-state index in [1.807, 2.05) is 0 Å². The van der Waals surface area contributed by atoms with Crippen molar-refractivity contribution in [2.45, 2.75) is 32.3 Å². The zero-order chi connectivity index (χ0) is 12.0. The van der Waals surface area contributed by atoms with Crippen molar-refractivity contribution >= 4 is 5.97 Å². The van der Waals surface area contributed by atoms with Gasteiger partial charge < -0.3 is 9.84 Å². The number of rotatable bonds is 5. The Balaban J connectivity index is 2.55. The summed E-state index contributed by atoms with van der Waals surface area (Å²) < 4.78 is 4.81. The lowest BCUT2D eigenvalue weighted by Gasteiger charge is -2.22. The lowest BCUT2D eigenvalue weighted by molar-refractivity contribution is -0.144. The van der Waals surface area contributed by atoms with Crippen LogP contribution in [-0.2, 0) is 15.1 Å². The molecule has 0 fully saturated rings. The van der Waals surface area contributed by atoms with Crippen LogP contribution in [0.25, 0.3) is 0 Å². The Morgan fingerprint density at radius 1 is 1.62 bits per heavy atom. The fourth-order valence-electron chi connectivity index (χ4n) is 1.40. The molecule has 1 aromatic heterocycles. The third-order valence-corrected chi connectivity index (χ3v) is 2.40. The van der Waals surface area contributed by atoms with Crippen LogP contribution in [0.1, 0.15) is 32.3 Å². The van der Waals surface area contributed by atoms with E-state index in [0.29, 0.717) is 18.6 Å². The molecule has 16 heavy (non-hydrogen) atoms. The Morgan fingerprint density at radius 2 is 2.38 bits per heavy atom. The van der Waals surface area contributed by atoms with Gasteiger partial charge in [0.1, 0.15) is 0 Å². The van der Waals surface area contributed by atoms with Gasteiger partial charge in [0.25, 0.3) is 0 Å². The van der Waals surface area contributed by atoms with Gasteiger partial charge in [0.05, 0.1) is 12.2 Å². The summed E-state index contributed by atoms with van der Waals surface area (Å²) in [5.74, 6) is -0.285. The number of aliphatic hydroxyl groups is 1. The Hall–Kier alpha value is -1.42. The molecule has 0 amide bonds. The largest absolute Gasteiger partial charge is 0.466 e. The van der Waals surface area contributed by atoms with Gasteiger partial charge in [0.15, 0.2) is 0 Å². The summed E-state index contributed by atoms with van der Waals surface area (Å²) in [6.07, 6.45) is 3.78. The molecule has 0 aliphatic rings. The first-order valence-corrected chi connectivity index (χ1v) is 5.35. The number of nitrogens with zero attached hydrogens (tertiary/aromatic N) is 1. The highest BCUT2D eigenvalue weighted by Crippen LogP contribution is 2.24. The van der Waals surface area contributed by atoms with Crippen LogP contribution in [0.5, 0.6) is 0 Å². The number of esters is 1. The average molecular weight is 223 g/mol. The van der Waals surface area contributed by atoms with Crippen molar-refractivity contribution in [1.29, 1.82) is 0 Å². The summed E-state index contributed by atoms with van der Waals surface area (Å²) in [6.45, 7) is 3.80. The van der Waals surface area contributed by atoms with Gasteiger partial charge in [-0.15, -0.1) is 0 Å². The Labute approximate surface area is 95.3 Å². The number of aromatic nitrogens is 1. The zero-order valence-electron chi connectivity index (χ0n) is 9.64. The van der Waals surface area contributed by atoms with Gasteiger partial charge in [-0.25, -0.2) is 0 Å². The molecule has 0 aliphatic heterocycles. The number of carbonyl (C=O) groups is 1. The standard InChI is InChI=1S/C12H17NO3/c1-3-16-11(14)6-7-12(2,15)10-5-4-8-13-9-10/h4-5,8-9,15H,3,6-7H2,1-2H3. The highest BCUT2D eigenvalue weighted by molar-refractivity contribution is 5.69. The fourth-order valence-corrected chi connectivity index (χ4v) is 1.40. The third kappa shape index (κ3) is 3.62. The van der Waals surface area contributed by atoms with Crippen LogP contribution in [0.2, 0.25) is 0 Å². The van der Waals surface area contributed by atoms with Gasteiger partial charge in [-0.3, -0.25) is 9.78 Å². The highest BCUT2D eigenvalue weighted by atomic mass is 16.5. The van der Waals surface area contributed by atoms with Crippen molar-refractivity contribution in [3.05, 3.63) is 30.1 Å².